The summed E-state index contributed by atoms with van der Waals surface area (Å²) in [5.41, 5.74) is 0. The Morgan fingerprint density at radius 1 is 1.45 bits per heavy atom. The molecule has 0 fully saturated rings. The van der Waals surface area contributed by atoms with E-state index in [9.17, 15) is 0 Å². The Balaban J connectivity index is 2.02. The van der Waals surface area contributed by atoms with Crippen LogP contribution in [0.4, 0.5) is 0 Å². The van der Waals surface area contributed by atoms with Crippen molar-refractivity contribution in [3.8, 4) is 0 Å². The van der Waals surface area contributed by atoms with Crippen LogP contribution >= 0.6 is 0 Å². The molecule has 2 heteroatoms. The first-order valence-corrected chi connectivity index (χ1v) is 4.38. The van der Waals surface area contributed by atoms with Crippen molar-refractivity contribution in [3.05, 3.63) is 12.2 Å². The van der Waals surface area contributed by atoms with Crippen molar-refractivity contribution in [2.24, 2.45) is 0 Å². The van der Waals surface area contributed by atoms with Crippen molar-refractivity contribution >= 4 is 0 Å². The Labute approximate surface area is 68.8 Å². The van der Waals surface area contributed by atoms with Crippen LogP contribution < -0.4 is 0 Å². The minimum atomic E-state index is 0.837. The van der Waals surface area contributed by atoms with E-state index in [4.69, 9.17) is 4.74 Å². The molecule has 0 aromatic carbocycles. The summed E-state index contributed by atoms with van der Waals surface area (Å²) in [4.78, 5) is 2.41. The Bertz CT molecular complexity index is 123. The molecule has 1 aliphatic heterocycles. The van der Waals surface area contributed by atoms with Gasteiger partial charge in [0, 0.05) is 26.2 Å². The Hall–Kier alpha value is -0.340. The number of hydrogen-bond donors (Lipinski definition) is 0. The van der Waals surface area contributed by atoms with Gasteiger partial charge in [-0.2, -0.15) is 0 Å². The van der Waals surface area contributed by atoms with Crippen LogP contribution in [-0.4, -0.2) is 37.7 Å². The molecule has 0 aromatic heterocycles. The lowest BCUT2D eigenvalue weighted by molar-refractivity contribution is 0.117. The van der Waals surface area contributed by atoms with Crippen molar-refractivity contribution in [1.82, 2.24) is 4.90 Å². The maximum absolute atomic E-state index is 5.27. The van der Waals surface area contributed by atoms with Crippen LogP contribution in [0.15, 0.2) is 12.2 Å². The van der Waals surface area contributed by atoms with Gasteiger partial charge in [-0.1, -0.05) is 12.2 Å². The lowest BCUT2D eigenvalue weighted by Gasteiger charge is -2.22. The van der Waals surface area contributed by atoms with E-state index in [2.05, 4.69) is 17.1 Å². The van der Waals surface area contributed by atoms with Gasteiger partial charge in [0.1, 0.15) is 0 Å². The summed E-state index contributed by atoms with van der Waals surface area (Å²) >= 11 is 0. The lowest BCUT2D eigenvalue weighted by Crippen LogP contribution is -2.30. The first-order chi connectivity index (χ1) is 5.43. The second-order valence-electron chi connectivity index (χ2n) is 2.76. The quantitative estimate of drug-likeness (QED) is 0.448. The zero-order chi connectivity index (χ0) is 7.94. The molecule has 0 spiro atoms. The smallest absolute Gasteiger partial charge is 0.0593 e. The average molecular weight is 155 g/mol. The highest BCUT2D eigenvalue weighted by Gasteiger charge is 2.03. The highest BCUT2D eigenvalue weighted by Crippen LogP contribution is 1.99. The Morgan fingerprint density at radius 3 is 3.00 bits per heavy atom. The number of nitrogens with zero attached hydrogens (tertiary/aromatic N) is 1. The second kappa shape index (κ2) is 5.33. The summed E-state index contributed by atoms with van der Waals surface area (Å²) in [5, 5.41) is 0. The van der Waals surface area contributed by atoms with Gasteiger partial charge < -0.3 is 4.74 Å². The first-order valence-electron chi connectivity index (χ1n) is 4.38. The molecule has 0 saturated carbocycles. The van der Waals surface area contributed by atoms with Crippen molar-refractivity contribution < 1.29 is 4.74 Å². The van der Waals surface area contributed by atoms with Gasteiger partial charge in [-0.25, -0.2) is 0 Å². The standard InChI is InChI=1S/C9H17NO/c1-2-11-9-8-10-6-4-3-5-7-10/h3-4H,2,5-9H2,1H3. The molecule has 0 atom stereocenters. The van der Waals surface area contributed by atoms with E-state index in [1.165, 1.54) is 13.0 Å². The van der Waals surface area contributed by atoms with Crippen molar-refractivity contribution in [2.45, 2.75) is 13.3 Å². The summed E-state index contributed by atoms with van der Waals surface area (Å²) in [7, 11) is 0. The molecule has 1 rings (SSSR count). The molecule has 0 amide bonds. The van der Waals surface area contributed by atoms with Gasteiger partial charge in [0.15, 0.2) is 0 Å². The maximum Gasteiger partial charge on any atom is 0.0593 e. The predicted octanol–water partition coefficient (Wildman–Crippen LogP) is 1.28. The summed E-state index contributed by atoms with van der Waals surface area (Å²) in [6, 6.07) is 0. The third kappa shape index (κ3) is 3.54. The highest BCUT2D eigenvalue weighted by atomic mass is 16.5. The summed E-state index contributed by atoms with van der Waals surface area (Å²) in [6.07, 6.45) is 5.68. The monoisotopic (exact) mass is 155 g/mol. The molecular formula is C9H17NO. The van der Waals surface area contributed by atoms with Gasteiger partial charge in [0.2, 0.25) is 0 Å². The van der Waals surface area contributed by atoms with Gasteiger partial charge in [-0.3, -0.25) is 4.90 Å². The van der Waals surface area contributed by atoms with E-state index < -0.39 is 0 Å². The van der Waals surface area contributed by atoms with Crippen LogP contribution in [0.1, 0.15) is 13.3 Å². The van der Waals surface area contributed by atoms with E-state index in [0.29, 0.717) is 0 Å². The molecule has 0 unspecified atom stereocenters. The summed E-state index contributed by atoms with van der Waals surface area (Å²) in [5.74, 6) is 0. The number of hydrogen-bond acceptors (Lipinski definition) is 2. The van der Waals surface area contributed by atoms with Crippen LogP contribution in [0.5, 0.6) is 0 Å². The summed E-state index contributed by atoms with van der Waals surface area (Å²) < 4.78 is 5.27. The molecule has 1 heterocycles. The normalized spacial score (nSPS) is 19.0. The molecule has 0 saturated heterocycles. The van der Waals surface area contributed by atoms with Gasteiger partial charge in [-0.05, 0) is 13.3 Å². The van der Waals surface area contributed by atoms with Gasteiger partial charge >= 0.3 is 0 Å². The molecule has 0 bridgehead atoms. The SMILES string of the molecule is CCOCCN1CC=CCC1. The van der Waals surface area contributed by atoms with Crippen LogP contribution in [0.25, 0.3) is 0 Å². The fourth-order valence-electron chi connectivity index (χ4n) is 1.23. The molecule has 0 aliphatic carbocycles. The van der Waals surface area contributed by atoms with Crippen LogP contribution in [-0.2, 0) is 4.74 Å². The van der Waals surface area contributed by atoms with E-state index in [-0.39, 0.29) is 0 Å². The molecule has 2 nitrogen and oxygen atoms in total. The van der Waals surface area contributed by atoms with Crippen molar-refractivity contribution in [1.29, 1.82) is 0 Å². The van der Waals surface area contributed by atoms with Crippen molar-refractivity contribution in [3.63, 3.8) is 0 Å². The molecule has 64 valence electrons. The predicted molar refractivity (Wildman–Crippen MR) is 46.7 cm³/mol. The molecule has 1 aliphatic rings. The van der Waals surface area contributed by atoms with Gasteiger partial charge in [0.05, 0.1) is 6.61 Å². The minimum absolute atomic E-state index is 0.837. The van der Waals surface area contributed by atoms with Crippen LogP contribution in [0.3, 0.4) is 0 Å². The number of rotatable bonds is 4. The number of ether oxygens (including phenoxy) is 1. The topological polar surface area (TPSA) is 12.5 Å². The van der Waals surface area contributed by atoms with E-state index in [0.717, 1.165) is 26.3 Å². The molecule has 11 heavy (non-hydrogen) atoms. The molecule has 0 N–H and O–H groups in total. The lowest BCUT2D eigenvalue weighted by atomic mass is 10.2. The third-order valence-electron chi connectivity index (χ3n) is 1.90. The van der Waals surface area contributed by atoms with Gasteiger partial charge in [0.25, 0.3) is 0 Å². The minimum Gasteiger partial charge on any atom is -0.380 e. The van der Waals surface area contributed by atoms with Crippen LogP contribution in [0, 0.1) is 0 Å². The largest absolute Gasteiger partial charge is 0.380 e. The first kappa shape index (κ1) is 8.75. The van der Waals surface area contributed by atoms with Crippen LogP contribution in [0.2, 0.25) is 0 Å². The Morgan fingerprint density at radius 2 is 2.36 bits per heavy atom. The van der Waals surface area contributed by atoms with Gasteiger partial charge in [-0.15, -0.1) is 0 Å². The maximum atomic E-state index is 5.27. The molecular weight excluding hydrogens is 138 g/mol. The zero-order valence-electron chi connectivity index (χ0n) is 7.25. The molecule has 0 radical (unpaired) electrons. The van der Waals surface area contributed by atoms with E-state index in [1.54, 1.807) is 0 Å². The Kier molecular flexibility index (Phi) is 4.24. The average Bonchev–Trinajstić information content (AvgIpc) is 2.07. The van der Waals surface area contributed by atoms with E-state index in [1.807, 2.05) is 6.92 Å². The highest BCUT2D eigenvalue weighted by molar-refractivity contribution is 4.90. The molecule has 0 aromatic rings. The zero-order valence-corrected chi connectivity index (χ0v) is 7.25. The van der Waals surface area contributed by atoms with E-state index >= 15 is 0 Å². The fraction of sp³-hybridized carbons (Fsp3) is 0.778. The second-order valence-corrected chi connectivity index (χ2v) is 2.76. The third-order valence-corrected chi connectivity index (χ3v) is 1.90. The van der Waals surface area contributed by atoms with Crippen molar-refractivity contribution in [2.75, 3.05) is 32.8 Å². The summed E-state index contributed by atoms with van der Waals surface area (Å²) in [6.45, 7) is 7.14. The fourth-order valence-corrected chi connectivity index (χ4v) is 1.23.